The number of morpholine rings is 1. The Bertz CT molecular complexity index is 904. The first-order valence-corrected chi connectivity index (χ1v) is 11.4. The van der Waals surface area contributed by atoms with E-state index in [1.165, 1.54) is 0 Å². The second kappa shape index (κ2) is 12.5. The van der Waals surface area contributed by atoms with Crippen molar-refractivity contribution in [2.24, 2.45) is 4.99 Å². The average Bonchev–Trinajstić information content (AvgIpc) is 3.20. The first-order valence-electron chi connectivity index (χ1n) is 11.4. The lowest BCUT2D eigenvalue weighted by atomic mass is 10.1. The molecular formula is C22H35IN8O2. The largest absolute Gasteiger partial charge is 0.377 e. The monoisotopic (exact) mass is 570 g/mol. The fourth-order valence-electron chi connectivity index (χ4n) is 4.08. The van der Waals surface area contributed by atoms with Crippen LogP contribution in [0, 0.1) is 0 Å². The van der Waals surface area contributed by atoms with E-state index in [2.05, 4.69) is 56.6 Å². The van der Waals surface area contributed by atoms with Gasteiger partial charge in [0.05, 0.1) is 25.8 Å². The van der Waals surface area contributed by atoms with Crippen molar-refractivity contribution >= 4 is 35.8 Å². The van der Waals surface area contributed by atoms with E-state index in [4.69, 9.17) is 14.5 Å². The molecule has 4 rings (SSSR count). The Hall–Kier alpha value is -1.99. The highest BCUT2D eigenvalue weighted by Crippen LogP contribution is 2.16. The highest BCUT2D eigenvalue weighted by atomic mass is 127. The molecule has 10 nitrogen and oxygen atoms in total. The zero-order chi connectivity index (χ0) is 22.3. The van der Waals surface area contributed by atoms with E-state index in [0.717, 1.165) is 74.6 Å². The molecule has 2 aliphatic rings. The Morgan fingerprint density at radius 1 is 1.33 bits per heavy atom. The lowest BCUT2D eigenvalue weighted by Gasteiger charge is -2.32. The van der Waals surface area contributed by atoms with Crippen LogP contribution in [0.15, 0.2) is 23.3 Å². The van der Waals surface area contributed by atoms with E-state index in [9.17, 15) is 0 Å². The predicted octanol–water partition coefficient (Wildman–Crippen LogP) is 1.73. The number of aryl methyl sites for hydroxylation is 1. The lowest BCUT2D eigenvalue weighted by molar-refractivity contribution is 0.0529. The third-order valence-electron chi connectivity index (χ3n) is 5.65. The Labute approximate surface area is 212 Å². The molecule has 1 fully saturated rings. The summed E-state index contributed by atoms with van der Waals surface area (Å²) in [5.41, 5.74) is 1.08. The number of methoxy groups -OCH3 is 1. The normalized spacial score (nSPS) is 20.7. The third-order valence-corrected chi connectivity index (χ3v) is 5.65. The van der Waals surface area contributed by atoms with Crippen molar-refractivity contribution in [1.29, 1.82) is 0 Å². The number of nitrogens with zero attached hydrogens (tertiary/aromatic N) is 6. The molecule has 2 aliphatic heterocycles. The molecule has 1 saturated heterocycles. The molecule has 0 spiro atoms. The van der Waals surface area contributed by atoms with Crippen LogP contribution in [0.25, 0.3) is 0 Å². The number of ether oxygens (including phenoxy) is 2. The molecule has 0 aromatic carbocycles. The predicted molar refractivity (Wildman–Crippen MR) is 138 cm³/mol. The Morgan fingerprint density at radius 3 is 2.94 bits per heavy atom. The third kappa shape index (κ3) is 7.00. The van der Waals surface area contributed by atoms with Gasteiger partial charge in [0.15, 0.2) is 11.8 Å². The van der Waals surface area contributed by atoms with Gasteiger partial charge in [-0.2, -0.15) is 5.10 Å². The summed E-state index contributed by atoms with van der Waals surface area (Å²) in [7, 11) is 1.66. The molecule has 33 heavy (non-hydrogen) atoms. The average molecular weight is 570 g/mol. The van der Waals surface area contributed by atoms with E-state index < -0.39 is 0 Å². The maximum absolute atomic E-state index is 5.62. The summed E-state index contributed by atoms with van der Waals surface area (Å²) in [5.74, 6) is 3.57. The number of halogens is 1. The summed E-state index contributed by atoms with van der Waals surface area (Å²) in [5, 5.41) is 11.5. The van der Waals surface area contributed by atoms with Gasteiger partial charge in [-0.3, -0.25) is 0 Å². The van der Waals surface area contributed by atoms with Crippen LogP contribution in [-0.2, 0) is 35.6 Å². The summed E-state index contributed by atoms with van der Waals surface area (Å²) in [6.45, 7) is 9.26. The number of aromatic nitrogens is 4. The number of pyridine rings is 1. The van der Waals surface area contributed by atoms with E-state index in [1.54, 1.807) is 7.11 Å². The number of fused-ring (bicyclic) bond motifs is 1. The van der Waals surface area contributed by atoms with Gasteiger partial charge in [0.2, 0.25) is 0 Å². The standard InChI is InChI=1S/C22H34N8O2.HI/c1-4-23-22(26-18-6-8-21-27-19(15-31-3)28-30(21)14-18)25-12-17-5-7-20(24-11-17)29-9-10-32-16(2)13-29;/h5,7,11,16,18H,4,6,8-10,12-15H2,1-3H3,(H2,23,25,26);1H. The van der Waals surface area contributed by atoms with Gasteiger partial charge < -0.3 is 25.0 Å². The van der Waals surface area contributed by atoms with Crippen molar-refractivity contribution < 1.29 is 9.47 Å². The molecule has 2 unspecified atom stereocenters. The van der Waals surface area contributed by atoms with Gasteiger partial charge in [-0.15, -0.1) is 24.0 Å². The Morgan fingerprint density at radius 2 is 2.21 bits per heavy atom. The summed E-state index contributed by atoms with van der Waals surface area (Å²) in [4.78, 5) is 16.2. The van der Waals surface area contributed by atoms with Crippen LogP contribution in [0.5, 0.6) is 0 Å². The number of anilines is 1. The number of guanidine groups is 1. The minimum absolute atomic E-state index is 0. The lowest BCUT2D eigenvalue weighted by Crippen LogP contribution is -2.47. The summed E-state index contributed by atoms with van der Waals surface area (Å²) in [6.07, 6.45) is 4.04. The van der Waals surface area contributed by atoms with E-state index in [1.807, 2.05) is 10.9 Å². The van der Waals surface area contributed by atoms with E-state index in [-0.39, 0.29) is 36.1 Å². The minimum Gasteiger partial charge on any atom is -0.377 e. The van der Waals surface area contributed by atoms with Gasteiger partial charge in [-0.25, -0.2) is 19.6 Å². The van der Waals surface area contributed by atoms with Crippen molar-refractivity contribution in [3.8, 4) is 0 Å². The topological polar surface area (TPSA) is 102 Å². The SMILES string of the molecule is CCNC(=NCc1ccc(N2CCOC(C)C2)nc1)NC1CCc2nc(COC)nn2C1.I. The van der Waals surface area contributed by atoms with E-state index >= 15 is 0 Å². The van der Waals surface area contributed by atoms with Gasteiger partial charge in [-0.1, -0.05) is 6.07 Å². The molecule has 2 atom stereocenters. The van der Waals surface area contributed by atoms with Crippen LogP contribution in [0.2, 0.25) is 0 Å². The van der Waals surface area contributed by atoms with Crippen molar-refractivity contribution in [2.45, 2.75) is 58.5 Å². The highest BCUT2D eigenvalue weighted by molar-refractivity contribution is 14.0. The summed E-state index contributed by atoms with van der Waals surface area (Å²) in [6, 6.07) is 4.44. The zero-order valence-electron chi connectivity index (χ0n) is 19.7. The number of hydrogen-bond acceptors (Lipinski definition) is 7. The minimum atomic E-state index is 0. The maximum Gasteiger partial charge on any atom is 0.191 e. The molecule has 2 aromatic heterocycles. The van der Waals surface area contributed by atoms with Crippen molar-refractivity contribution in [3.63, 3.8) is 0 Å². The molecule has 2 N–H and O–H groups in total. The van der Waals surface area contributed by atoms with Crippen LogP contribution in [0.3, 0.4) is 0 Å². The highest BCUT2D eigenvalue weighted by Gasteiger charge is 2.22. The first kappa shape index (κ1) is 25.6. The fraction of sp³-hybridized carbons (Fsp3) is 0.636. The van der Waals surface area contributed by atoms with Crippen molar-refractivity contribution in [2.75, 3.05) is 38.3 Å². The van der Waals surface area contributed by atoms with Gasteiger partial charge in [-0.05, 0) is 31.9 Å². The van der Waals surface area contributed by atoms with Crippen LogP contribution >= 0.6 is 24.0 Å². The number of nitrogens with one attached hydrogen (secondary N) is 2. The molecule has 0 saturated carbocycles. The molecule has 0 radical (unpaired) electrons. The first-order chi connectivity index (χ1) is 15.6. The smallest absolute Gasteiger partial charge is 0.191 e. The van der Waals surface area contributed by atoms with Gasteiger partial charge in [0, 0.05) is 45.4 Å². The van der Waals surface area contributed by atoms with Gasteiger partial charge >= 0.3 is 0 Å². The van der Waals surface area contributed by atoms with Crippen LogP contribution < -0.4 is 15.5 Å². The quantitative estimate of drug-likeness (QED) is 0.295. The number of aliphatic imine (C=N–C) groups is 1. The molecular weight excluding hydrogens is 535 g/mol. The second-order valence-corrected chi connectivity index (χ2v) is 8.29. The Balaban J connectivity index is 0.00000306. The molecule has 182 valence electrons. The van der Waals surface area contributed by atoms with Crippen molar-refractivity contribution in [3.05, 3.63) is 35.5 Å². The zero-order valence-corrected chi connectivity index (χ0v) is 22.0. The van der Waals surface area contributed by atoms with Gasteiger partial charge in [0.25, 0.3) is 0 Å². The molecule has 0 amide bonds. The van der Waals surface area contributed by atoms with Crippen LogP contribution in [0.4, 0.5) is 5.82 Å². The number of hydrogen-bond donors (Lipinski definition) is 2. The summed E-state index contributed by atoms with van der Waals surface area (Å²) >= 11 is 0. The molecule has 0 aliphatic carbocycles. The Kier molecular flexibility index (Phi) is 9.68. The molecule has 4 heterocycles. The molecule has 11 heteroatoms. The van der Waals surface area contributed by atoms with E-state index in [0.29, 0.717) is 13.2 Å². The maximum atomic E-state index is 5.62. The second-order valence-electron chi connectivity index (χ2n) is 8.29. The summed E-state index contributed by atoms with van der Waals surface area (Å²) < 4.78 is 12.8. The van der Waals surface area contributed by atoms with Crippen molar-refractivity contribution in [1.82, 2.24) is 30.4 Å². The number of rotatable bonds is 7. The molecule has 0 bridgehead atoms. The van der Waals surface area contributed by atoms with Crippen LogP contribution in [0.1, 0.15) is 37.5 Å². The fourth-order valence-corrected chi connectivity index (χ4v) is 4.08. The van der Waals surface area contributed by atoms with Gasteiger partial charge in [0.1, 0.15) is 18.2 Å². The molecule has 2 aromatic rings. The van der Waals surface area contributed by atoms with Crippen LogP contribution in [-0.4, -0.2) is 71.2 Å².